The van der Waals surface area contributed by atoms with E-state index >= 15 is 0 Å². The van der Waals surface area contributed by atoms with Gasteiger partial charge in [0.15, 0.2) is 6.79 Å². The predicted molar refractivity (Wildman–Crippen MR) is 41.9 cm³/mol. The fraction of sp³-hybridized carbons (Fsp3) is 0.375. The smallest absolute Gasteiger partial charge is 0.332 e. The highest BCUT2D eigenvalue weighted by molar-refractivity contribution is 5.81. The Bertz CT molecular complexity index is 151. The van der Waals surface area contributed by atoms with Gasteiger partial charge in [0.1, 0.15) is 0 Å². The lowest BCUT2D eigenvalue weighted by molar-refractivity contribution is -0.152. The third kappa shape index (κ3) is 5.36. The number of carbonyl (C=O) groups is 1. The normalized spacial score (nSPS) is 11.7. The number of esters is 1. The topological polar surface area (TPSA) is 35.5 Å². The summed E-state index contributed by atoms with van der Waals surface area (Å²) in [5.74, 6) is -0.485. The quantitative estimate of drug-likeness (QED) is 0.260. The van der Waals surface area contributed by atoms with E-state index in [1.54, 1.807) is 13.0 Å². The first-order valence-corrected chi connectivity index (χ1v) is 3.24. The summed E-state index contributed by atoms with van der Waals surface area (Å²) in [4.78, 5) is 10.4. The van der Waals surface area contributed by atoms with Crippen LogP contribution in [0.5, 0.6) is 0 Å². The van der Waals surface area contributed by atoms with Crippen molar-refractivity contribution < 1.29 is 14.3 Å². The van der Waals surface area contributed by atoms with Gasteiger partial charge in [-0.25, -0.2) is 4.79 Å². The van der Waals surface area contributed by atoms with Gasteiger partial charge in [-0.05, 0) is 6.92 Å². The van der Waals surface area contributed by atoms with Crippen LogP contribution in [0, 0.1) is 0 Å². The molecule has 0 saturated heterocycles. The molecule has 0 aromatic rings. The molecule has 3 nitrogen and oxygen atoms in total. The van der Waals surface area contributed by atoms with Crippen molar-refractivity contribution in [2.75, 3.05) is 6.79 Å². The molecule has 0 rings (SSSR count). The summed E-state index contributed by atoms with van der Waals surface area (Å²) in [6.07, 6.45) is 2.59. The van der Waals surface area contributed by atoms with Crippen molar-refractivity contribution in [3.8, 4) is 0 Å². The van der Waals surface area contributed by atoms with Crippen molar-refractivity contribution in [1.82, 2.24) is 0 Å². The molecule has 0 aliphatic rings. The molecular formula is C8H12O3. The molecule has 0 radical (unpaired) electrons. The molecule has 11 heavy (non-hydrogen) atoms. The molecule has 0 spiro atoms. The summed E-state index contributed by atoms with van der Waals surface area (Å²) in [5, 5.41) is 0. The Labute approximate surface area is 66.3 Å². The molecule has 0 heterocycles. The van der Waals surface area contributed by atoms with Crippen molar-refractivity contribution in [3.63, 3.8) is 0 Å². The summed E-state index contributed by atoms with van der Waals surface area (Å²) in [6.45, 7) is 8.46. The van der Waals surface area contributed by atoms with E-state index in [2.05, 4.69) is 17.9 Å². The molecule has 0 saturated carbocycles. The Kier molecular flexibility index (Phi) is 5.11. The number of carbonyl (C=O) groups excluding carboxylic acids is 1. The fourth-order valence-electron chi connectivity index (χ4n) is 0.326. The van der Waals surface area contributed by atoms with E-state index in [9.17, 15) is 4.79 Å². The van der Waals surface area contributed by atoms with E-state index in [1.807, 2.05) is 0 Å². The Hall–Kier alpha value is -1.09. The molecule has 0 bridgehead atoms. The summed E-state index contributed by atoms with van der Waals surface area (Å²) in [7, 11) is 0. The van der Waals surface area contributed by atoms with Gasteiger partial charge in [0.2, 0.25) is 0 Å². The average molecular weight is 156 g/mol. The lowest BCUT2D eigenvalue weighted by Gasteiger charge is -2.06. The highest BCUT2D eigenvalue weighted by atomic mass is 16.7. The number of hydrogen-bond donors (Lipinski definition) is 0. The zero-order valence-corrected chi connectivity index (χ0v) is 6.58. The van der Waals surface area contributed by atoms with Crippen LogP contribution in [-0.4, -0.2) is 18.9 Å². The zero-order valence-electron chi connectivity index (χ0n) is 6.58. The van der Waals surface area contributed by atoms with Gasteiger partial charge >= 0.3 is 5.97 Å². The molecule has 0 fully saturated rings. The third-order valence-electron chi connectivity index (χ3n) is 1.03. The highest BCUT2D eigenvalue weighted by Gasteiger charge is 1.97. The maximum Gasteiger partial charge on any atom is 0.332 e. The monoisotopic (exact) mass is 156 g/mol. The molecule has 0 aliphatic carbocycles. The summed E-state index contributed by atoms with van der Waals surface area (Å²) in [6, 6.07) is 0. The highest BCUT2D eigenvalue weighted by Crippen LogP contribution is 1.91. The van der Waals surface area contributed by atoms with E-state index in [-0.39, 0.29) is 12.9 Å². The van der Waals surface area contributed by atoms with Crippen molar-refractivity contribution in [3.05, 3.63) is 25.3 Å². The first-order valence-electron chi connectivity index (χ1n) is 3.24. The minimum atomic E-state index is -0.485. The van der Waals surface area contributed by atoms with Crippen LogP contribution in [0.2, 0.25) is 0 Å². The van der Waals surface area contributed by atoms with Crippen LogP contribution in [0.3, 0.4) is 0 Å². The Morgan fingerprint density at radius 3 is 2.73 bits per heavy atom. The van der Waals surface area contributed by atoms with Gasteiger partial charge in [-0.15, -0.1) is 6.58 Å². The second-order valence-corrected chi connectivity index (χ2v) is 1.89. The lowest BCUT2D eigenvalue weighted by Crippen LogP contribution is -2.10. The van der Waals surface area contributed by atoms with Gasteiger partial charge in [-0.1, -0.05) is 12.7 Å². The summed E-state index contributed by atoms with van der Waals surface area (Å²) >= 11 is 0. The van der Waals surface area contributed by atoms with Crippen LogP contribution in [0.15, 0.2) is 25.3 Å². The molecule has 1 atom stereocenters. The third-order valence-corrected chi connectivity index (χ3v) is 1.03. The molecular weight excluding hydrogens is 144 g/mol. The maximum absolute atomic E-state index is 10.4. The van der Waals surface area contributed by atoms with Gasteiger partial charge in [-0.3, -0.25) is 0 Å². The zero-order chi connectivity index (χ0) is 8.69. The largest absolute Gasteiger partial charge is 0.435 e. The van der Waals surface area contributed by atoms with Crippen LogP contribution in [-0.2, 0) is 14.3 Å². The molecule has 0 amide bonds. The maximum atomic E-state index is 10.4. The van der Waals surface area contributed by atoms with Gasteiger partial charge in [0.25, 0.3) is 0 Å². The molecule has 0 aromatic heterocycles. The Balaban J connectivity index is 3.33. The Morgan fingerprint density at radius 2 is 2.27 bits per heavy atom. The van der Waals surface area contributed by atoms with Crippen LogP contribution < -0.4 is 0 Å². The van der Waals surface area contributed by atoms with E-state index in [0.717, 1.165) is 6.08 Å². The minimum Gasteiger partial charge on any atom is -0.435 e. The van der Waals surface area contributed by atoms with Crippen molar-refractivity contribution >= 4 is 5.97 Å². The summed E-state index contributed by atoms with van der Waals surface area (Å²) < 4.78 is 9.49. The molecule has 1 unspecified atom stereocenters. The first-order chi connectivity index (χ1) is 5.20. The van der Waals surface area contributed by atoms with Crippen molar-refractivity contribution in [2.45, 2.75) is 13.0 Å². The molecule has 0 N–H and O–H groups in total. The number of rotatable bonds is 5. The molecule has 0 aliphatic heterocycles. The predicted octanol–water partition coefficient (Wildman–Crippen LogP) is 1.26. The summed E-state index contributed by atoms with van der Waals surface area (Å²) in [5.41, 5.74) is 0. The van der Waals surface area contributed by atoms with Gasteiger partial charge in [-0.2, -0.15) is 0 Å². The first kappa shape index (κ1) is 9.91. The van der Waals surface area contributed by atoms with Crippen molar-refractivity contribution in [1.29, 1.82) is 0 Å². The molecule has 0 aromatic carbocycles. The van der Waals surface area contributed by atoms with Crippen LogP contribution in [0.4, 0.5) is 0 Å². The van der Waals surface area contributed by atoms with Crippen molar-refractivity contribution in [2.24, 2.45) is 0 Å². The van der Waals surface area contributed by atoms with Gasteiger partial charge < -0.3 is 9.47 Å². The van der Waals surface area contributed by atoms with E-state index in [1.165, 1.54) is 0 Å². The average Bonchev–Trinajstić information content (AvgIpc) is 2.04. The Morgan fingerprint density at radius 1 is 1.64 bits per heavy atom. The van der Waals surface area contributed by atoms with Crippen LogP contribution in [0.25, 0.3) is 0 Å². The standard InChI is InChI=1S/C8H12O3/c1-4-7(3)10-6-11-8(9)5-2/h4-5,7H,1-2,6H2,3H3. The van der Waals surface area contributed by atoms with Crippen LogP contribution >= 0.6 is 0 Å². The van der Waals surface area contributed by atoms with Gasteiger partial charge in [0.05, 0.1) is 6.10 Å². The van der Waals surface area contributed by atoms with E-state index in [0.29, 0.717) is 0 Å². The number of ether oxygens (including phenoxy) is 2. The molecule has 3 heteroatoms. The van der Waals surface area contributed by atoms with E-state index < -0.39 is 5.97 Å². The number of hydrogen-bond acceptors (Lipinski definition) is 3. The fourth-order valence-corrected chi connectivity index (χ4v) is 0.326. The minimum absolute atomic E-state index is 0.0575. The lowest BCUT2D eigenvalue weighted by atomic mass is 10.4. The SMILES string of the molecule is C=CC(=O)OCOC(C)C=C. The van der Waals surface area contributed by atoms with Gasteiger partial charge in [0, 0.05) is 6.08 Å². The second kappa shape index (κ2) is 5.68. The van der Waals surface area contributed by atoms with E-state index in [4.69, 9.17) is 4.74 Å². The van der Waals surface area contributed by atoms with Crippen LogP contribution in [0.1, 0.15) is 6.92 Å². The second-order valence-electron chi connectivity index (χ2n) is 1.89. The molecule has 62 valence electrons.